The van der Waals surface area contributed by atoms with Crippen molar-refractivity contribution in [3.05, 3.63) is 60.5 Å². The molecule has 0 aliphatic heterocycles. The highest BCUT2D eigenvalue weighted by Gasteiger charge is 2.17. The quantitative estimate of drug-likeness (QED) is 0.424. The van der Waals surface area contributed by atoms with E-state index in [2.05, 4.69) is 30.1 Å². The Morgan fingerprint density at radius 1 is 1.00 bits per heavy atom. The molecule has 31 heavy (non-hydrogen) atoms. The number of fused-ring (bicyclic) bond motifs is 2. The van der Waals surface area contributed by atoms with Crippen LogP contribution in [0.2, 0.25) is 0 Å². The third-order valence-corrected chi connectivity index (χ3v) is 5.95. The number of hydrogen-bond donors (Lipinski definition) is 2. The molecular weight excluding hydrogens is 410 g/mol. The van der Waals surface area contributed by atoms with Gasteiger partial charge in [-0.2, -0.15) is 5.10 Å². The van der Waals surface area contributed by atoms with E-state index in [1.807, 2.05) is 35.7 Å². The SMILES string of the molecule is COc1cncc(-c2cc3c(-c4nc5c(-c6cccs6)nccc5[nH]4)n[nH]c3cn2)c1. The van der Waals surface area contributed by atoms with Gasteiger partial charge in [-0.1, -0.05) is 6.07 Å². The fourth-order valence-corrected chi connectivity index (χ4v) is 4.29. The molecule has 0 bridgehead atoms. The Hall–Kier alpha value is -4.11. The van der Waals surface area contributed by atoms with E-state index >= 15 is 0 Å². The molecule has 0 saturated heterocycles. The van der Waals surface area contributed by atoms with Gasteiger partial charge in [0.25, 0.3) is 0 Å². The van der Waals surface area contributed by atoms with E-state index in [0.717, 1.165) is 49.5 Å². The zero-order chi connectivity index (χ0) is 20.8. The van der Waals surface area contributed by atoms with Gasteiger partial charge >= 0.3 is 0 Å². The summed E-state index contributed by atoms with van der Waals surface area (Å²) in [5, 5.41) is 10.5. The molecule has 0 aliphatic rings. The molecule has 6 heterocycles. The number of pyridine rings is 3. The fourth-order valence-electron chi connectivity index (χ4n) is 3.57. The summed E-state index contributed by atoms with van der Waals surface area (Å²) >= 11 is 1.64. The Morgan fingerprint density at radius 2 is 1.97 bits per heavy atom. The molecule has 8 nitrogen and oxygen atoms in total. The van der Waals surface area contributed by atoms with Crippen molar-refractivity contribution in [2.75, 3.05) is 7.11 Å². The van der Waals surface area contributed by atoms with Crippen molar-refractivity contribution in [3.8, 4) is 39.1 Å². The molecule has 6 aromatic heterocycles. The van der Waals surface area contributed by atoms with Crippen LogP contribution in [0, 0.1) is 0 Å². The second-order valence-corrected chi connectivity index (χ2v) is 7.87. The van der Waals surface area contributed by atoms with Gasteiger partial charge in [-0.15, -0.1) is 11.3 Å². The smallest absolute Gasteiger partial charge is 0.159 e. The van der Waals surface area contributed by atoms with Gasteiger partial charge in [0.2, 0.25) is 0 Å². The second-order valence-electron chi connectivity index (χ2n) is 6.92. The number of H-pyrrole nitrogens is 2. The lowest BCUT2D eigenvalue weighted by Crippen LogP contribution is -1.89. The Kier molecular flexibility index (Phi) is 4.00. The summed E-state index contributed by atoms with van der Waals surface area (Å²) < 4.78 is 5.29. The van der Waals surface area contributed by atoms with E-state index < -0.39 is 0 Å². The van der Waals surface area contributed by atoms with E-state index in [1.54, 1.807) is 43.2 Å². The maximum absolute atomic E-state index is 5.29. The average molecular weight is 425 g/mol. The van der Waals surface area contributed by atoms with Gasteiger partial charge in [-0.05, 0) is 29.6 Å². The summed E-state index contributed by atoms with van der Waals surface area (Å²) in [6.07, 6.45) is 6.98. The predicted molar refractivity (Wildman–Crippen MR) is 120 cm³/mol. The van der Waals surface area contributed by atoms with Crippen molar-refractivity contribution in [1.29, 1.82) is 0 Å². The van der Waals surface area contributed by atoms with E-state index in [4.69, 9.17) is 9.72 Å². The molecule has 0 saturated carbocycles. The molecule has 0 fully saturated rings. The van der Waals surface area contributed by atoms with Crippen LogP contribution in [-0.4, -0.2) is 42.2 Å². The minimum Gasteiger partial charge on any atom is -0.495 e. The Bertz CT molecular complexity index is 1530. The largest absolute Gasteiger partial charge is 0.495 e. The lowest BCUT2D eigenvalue weighted by molar-refractivity contribution is 0.413. The summed E-state index contributed by atoms with van der Waals surface area (Å²) in [6, 6.07) is 9.87. The molecule has 6 aromatic rings. The monoisotopic (exact) mass is 425 g/mol. The van der Waals surface area contributed by atoms with Crippen LogP contribution in [0.15, 0.2) is 60.5 Å². The lowest BCUT2D eigenvalue weighted by atomic mass is 10.1. The number of aromatic nitrogens is 7. The maximum atomic E-state index is 5.29. The van der Waals surface area contributed by atoms with Crippen LogP contribution >= 0.6 is 11.3 Å². The zero-order valence-electron chi connectivity index (χ0n) is 16.3. The summed E-state index contributed by atoms with van der Waals surface area (Å²) in [6.45, 7) is 0. The van der Waals surface area contributed by atoms with Crippen molar-refractivity contribution in [3.63, 3.8) is 0 Å². The molecule has 150 valence electrons. The van der Waals surface area contributed by atoms with Gasteiger partial charge in [-0.25, -0.2) is 4.98 Å². The Balaban J connectivity index is 1.50. The highest BCUT2D eigenvalue weighted by atomic mass is 32.1. The minimum atomic E-state index is 0.674. The van der Waals surface area contributed by atoms with Crippen LogP contribution in [0.1, 0.15) is 0 Å². The summed E-state index contributed by atoms with van der Waals surface area (Å²) in [4.78, 5) is 22.6. The predicted octanol–water partition coefficient (Wildman–Crippen LogP) is 4.70. The first-order chi connectivity index (χ1) is 15.3. The Labute approximate surface area is 180 Å². The van der Waals surface area contributed by atoms with Gasteiger partial charge in [-0.3, -0.25) is 20.1 Å². The summed E-state index contributed by atoms with van der Waals surface area (Å²) in [7, 11) is 1.62. The number of rotatable bonds is 4. The molecule has 9 heteroatoms. The molecule has 2 N–H and O–H groups in total. The minimum absolute atomic E-state index is 0.674. The number of aromatic amines is 2. The number of nitrogens with one attached hydrogen (secondary N) is 2. The molecule has 0 atom stereocenters. The third-order valence-electron chi connectivity index (χ3n) is 5.07. The van der Waals surface area contributed by atoms with E-state index in [1.165, 1.54) is 0 Å². The molecule has 0 aliphatic carbocycles. The van der Waals surface area contributed by atoms with Gasteiger partial charge in [0.15, 0.2) is 5.82 Å². The molecule has 0 amide bonds. The number of thiophene rings is 1. The first-order valence-corrected chi connectivity index (χ1v) is 10.4. The topological polar surface area (TPSA) is 105 Å². The molecule has 0 aromatic carbocycles. The van der Waals surface area contributed by atoms with E-state index in [9.17, 15) is 0 Å². The number of methoxy groups -OCH3 is 1. The number of nitrogens with zero attached hydrogens (tertiary/aromatic N) is 5. The van der Waals surface area contributed by atoms with Crippen molar-refractivity contribution >= 4 is 33.3 Å². The Morgan fingerprint density at radius 3 is 2.84 bits per heavy atom. The second kappa shape index (κ2) is 6.99. The van der Waals surface area contributed by atoms with Crippen LogP contribution in [-0.2, 0) is 0 Å². The molecule has 0 unspecified atom stereocenters. The lowest BCUT2D eigenvalue weighted by Gasteiger charge is -2.03. The number of hydrogen-bond acceptors (Lipinski definition) is 7. The summed E-state index contributed by atoms with van der Waals surface area (Å²) in [5.41, 5.74) is 5.79. The van der Waals surface area contributed by atoms with Crippen molar-refractivity contribution < 1.29 is 4.74 Å². The zero-order valence-corrected chi connectivity index (χ0v) is 17.1. The van der Waals surface area contributed by atoms with Crippen LogP contribution < -0.4 is 4.74 Å². The standard InChI is InChI=1S/C22H15N7OS/c1-30-13-7-12(9-23-10-13)16-8-14-17(11-25-16)28-29-19(14)22-26-15-4-5-24-21(20(15)27-22)18-3-2-6-31-18/h2-11H,1H3,(H,26,27)(H,28,29). The highest BCUT2D eigenvalue weighted by Crippen LogP contribution is 2.33. The van der Waals surface area contributed by atoms with Crippen molar-refractivity contribution in [2.24, 2.45) is 0 Å². The normalized spacial score (nSPS) is 11.4. The van der Waals surface area contributed by atoms with Gasteiger partial charge in [0, 0.05) is 23.3 Å². The van der Waals surface area contributed by atoms with Crippen LogP contribution in [0.25, 0.3) is 55.3 Å². The molecule has 0 spiro atoms. The first kappa shape index (κ1) is 17.7. The van der Waals surface area contributed by atoms with Gasteiger partial charge < -0.3 is 9.72 Å². The molecular formula is C22H15N7OS. The number of ether oxygens (including phenoxy) is 1. The van der Waals surface area contributed by atoms with Crippen LogP contribution in [0.3, 0.4) is 0 Å². The van der Waals surface area contributed by atoms with E-state index in [0.29, 0.717) is 11.6 Å². The van der Waals surface area contributed by atoms with Gasteiger partial charge in [0.05, 0.1) is 41.1 Å². The molecule has 6 rings (SSSR count). The van der Waals surface area contributed by atoms with Crippen molar-refractivity contribution in [1.82, 2.24) is 35.1 Å². The van der Waals surface area contributed by atoms with Crippen LogP contribution in [0.4, 0.5) is 0 Å². The fraction of sp³-hybridized carbons (Fsp3) is 0.0455. The van der Waals surface area contributed by atoms with E-state index in [-0.39, 0.29) is 0 Å². The maximum Gasteiger partial charge on any atom is 0.159 e. The van der Waals surface area contributed by atoms with Crippen LogP contribution in [0.5, 0.6) is 5.75 Å². The third kappa shape index (κ3) is 2.94. The van der Waals surface area contributed by atoms with Gasteiger partial charge in [0.1, 0.15) is 22.7 Å². The average Bonchev–Trinajstić information content (AvgIpc) is 3.57. The van der Waals surface area contributed by atoms with Crippen molar-refractivity contribution in [2.45, 2.75) is 0 Å². The summed E-state index contributed by atoms with van der Waals surface area (Å²) in [5.74, 6) is 1.35. The highest BCUT2D eigenvalue weighted by molar-refractivity contribution is 7.13. The number of imidazole rings is 1. The molecule has 0 radical (unpaired) electrons. The first-order valence-electron chi connectivity index (χ1n) is 9.52.